The van der Waals surface area contributed by atoms with Crippen LogP contribution in [-0.4, -0.2) is 66.7 Å². The second kappa shape index (κ2) is 10.9. The number of hydrogen-bond acceptors (Lipinski definition) is 8. The fourth-order valence-electron chi connectivity index (χ4n) is 4.84. The smallest absolute Gasteiger partial charge is 0.310 e. The molecule has 1 saturated heterocycles. The standard InChI is InChI=1S/C27H39NO8Si/c1-27(2,3)37(8,9)36-18-14-19(21(26(31)35-7)20(15-18)25(30)34-6)22-23(33-5)24(29)28(22)16-10-12-17(32-4)13-11-16/h10-14,19-23H,15H2,1-9H3/t19-,20-,21-,22-,23+/m0/s1. The molecular weight excluding hydrogens is 494 g/mol. The molecule has 1 amide bonds. The Bertz CT molecular complexity index is 1050. The minimum atomic E-state index is -2.27. The first-order chi connectivity index (χ1) is 17.3. The van der Waals surface area contributed by atoms with E-state index in [-0.39, 0.29) is 17.4 Å². The molecule has 1 aromatic carbocycles. The Labute approximate surface area is 220 Å². The molecule has 204 valence electrons. The Hall–Kier alpha value is -2.85. The number of allylic oxidation sites excluding steroid dienone is 1. The summed E-state index contributed by atoms with van der Waals surface area (Å²) in [6, 6.07) is 6.51. The van der Waals surface area contributed by atoms with E-state index < -0.39 is 50.2 Å². The Morgan fingerprint density at radius 3 is 2.05 bits per heavy atom. The van der Waals surface area contributed by atoms with Crippen LogP contribution < -0.4 is 9.64 Å². The van der Waals surface area contributed by atoms with E-state index >= 15 is 0 Å². The number of benzene rings is 1. The zero-order valence-electron chi connectivity index (χ0n) is 23.2. The second-order valence-corrected chi connectivity index (χ2v) is 15.7. The van der Waals surface area contributed by atoms with Crippen molar-refractivity contribution >= 4 is 31.9 Å². The molecule has 2 aliphatic rings. The highest BCUT2D eigenvalue weighted by Gasteiger charge is 2.58. The number of amides is 1. The highest BCUT2D eigenvalue weighted by molar-refractivity contribution is 6.74. The lowest BCUT2D eigenvalue weighted by Crippen LogP contribution is -2.70. The SMILES string of the molecule is COC(=O)[C@H]1[C@@H]([C@H]2[C@@H](OC)C(=O)N2c2ccc(OC)cc2)C=C(O[Si](C)(C)C(C)(C)C)C[C@@H]1C(=O)OC. The first-order valence-electron chi connectivity index (χ1n) is 12.4. The third-order valence-electron chi connectivity index (χ3n) is 7.91. The normalized spacial score (nSPS) is 26.1. The quantitative estimate of drug-likeness (QED) is 0.282. The minimum absolute atomic E-state index is 0.0834. The monoisotopic (exact) mass is 533 g/mol. The average Bonchev–Trinajstić information content (AvgIpc) is 2.85. The maximum atomic E-state index is 13.2. The third kappa shape index (κ3) is 5.40. The number of esters is 2. The maximum absolute atomic E-state index is 13.2. The molecule has 1 aromatic rings. The van der Waals surface area contributed by atoms with E-state index in [4.69, 9.17) is 23.4 Å². The van der Waals surface area contributed by atoms with Crippen molar-refractivity contribution in [2.75, 3.05) is 33.3 Å². The summed E-state index contributed by atoms with van der Waals surface area (Å²) in [5, 5.41) is -0.0834. The van der Waals surface area contributed by atoms with Gasteiger partial charge in [-0.1, -0.05) is 20.8 Å². The van der Waals surface area contributed by atoms with Crippen LogP contribution in [0.2, 0.25) is 18.1 Å². The molecule has 3 rings (SSSR count). The summed E-state index contributed by atoms with van der Waals surface area (Å²) in [7, 11) is 3.35. The molecule has 10 heteroatoms. The molecule has 5 atom stereocenters. The van der Waals surface area contributed by atoms with Crippen LogP contribution in [0.1, 0.15) is 27.2 Å². The van der Waals surface area contributed by atoms with Crippen LogP contribution in [0.25, 0.3) is 0 Å². The van der Waals surface area contributed by atoms with E-state index in [0.29, 0.717) is 17.2 Å². The second-order valence-electron chi connectivity index (χ2n) is 11.0. The lowest BCUT2D eigenvalue weighted by Gasteiger charge is -2.52. The molecule has 0 radical (unpaired) electrons. The lowest BCUT2D eigenvalue weighted by atomic mass is 9.68. The van der Waals surface area contributed by atoms with E-state index in [1.54, 1.807) is 36.3 Å². The van der Waals surface area contributed by atoms with Crippen LogP contribution in [0.4, 0.5) is 5.69 Å². The zero-order valence-corrected chi connectivity index (χ0v) is 24.2. The van der Waals surface area contributed by atoms with Gasteiger partial charge in [-0.3, -0.25) is 14.4 Å². The van der Waals surface area contributed by atoms with Crippen molar-refractivity contribution in [2.24, 2.45) is 17.8 Å². The summed E-state index contributed by atoms with van der Waals surface area (Å²) in [5.74, 6) is -2.38. The van der Waals surface area contributed by atoms with Crippen LogP contribution in [-0.2, 0) is 33.0 Å². The number of nitrogens with zero attached hydrogens (tertiary/aromatic N) is 1. The highest BCUT2D eigenvalue weighted by Crippen LogP contribution is 2.47. The Morgan fingerprint density at radius 1 is 0.973 bits per heavy atom. The van der Waals surface area contributed by atoms with Crippen molar-refractivity contribution < 1.29 is 37.8 Å². The molecule has 9 nitrogen and oxygen atoms in total. The van der Waals surface area contributed by atoms with Gasteiger partial charge < -0.3 is 28.3 Å². The number of β-lactam (4-membered cyclic amide) rings is 1. The van der Waals surface area contributed by atoms with E-state index in [1.165, 1.54) is 21.3 Å². The number of rotatable bonds is 8. The van der Waals surface area contributed by atoms with Crippen molar-refractivity contribution in [2.45, 2.75) is 57.5 Å². The Kier molecular flexibility index (Phi) is 8.43. The zero-order chi connectivity index (χ0) is 27.7. The largest absolute Gasteiger partial charge is 0.547 e. The predicted octanol–water partition coefficient (Wildman–Crippen LogP) is 3.93. The van der Waals surface area contributed by atoms with Gasteiger partial charge >= 0.3 is 11.9 Å². The van der Waals surface area contributed by atoms with Crippen LogP contribution in [0.15, 0.2) is 36.1 Å². The summed E-state index contributed by atoms with van der Waals surface area (Å²) in [5.41, 5.74) is 0.633. The van der Waals surface area contributed by atoms with Gasteiger partial charge in [-0.2, -0.15) is 0 Å². The van der Waals surface area contributed by atoms with Crippen molar-refractivity contribution in [3.8, 4) is 5.75 Å². The highest BCUT2D eigenvalue weighted by atomic mass is 28.4. The van der Waals surface area contributed by atoms with Gasteiger partial charge in [0.25, 0.3) is 5.91 Å². The van der Waals surface area contributed by atoms with Crippen LogP contribution in [0, 0.1) is 17.8 Å². The molecular formula is C27H39NO8Si. The summed E-state index contributed by atoms with van der Waals surface area (Å²) in [6.45, 7) is 10.6. The van der Waals surface area contributed by atoms with Gasteiger partial charge in [0.2, 0.25) is 8.32 Å². The molecule has 0 spiro atoms. The van der Waals surface area contributed by atoms with Gasteiger partial charge in [0.15, 0.2) is 6.10 Å². The molecule has 1 aliphatic heterocycles. The summed E-state index contributed by atoms with van der Waals surface area (Å²) < 4.78 is 27.7. The first kappa shape index (κ1) is 28.7. The predicted molar refractivity (Wildman–Crippen MR) is 141 cm³/mol. The molecule has 0 N–H and O–H groups in total. The number of anilines is 1. The molecule has 1 aliphatic carbocycles. The van der Waals surface area contributed by atoms with E-state index in [9.17, 15) is 14.4 Å². The Balaban J connectivity index is 2.13. The molecule has 37 heavy (non-hydrogen) atoms. The first-order valence-corrected chi connectivity index (χ1v) is 15.3. The molecule has 0 unspecified atom stereocenters. The topological polar surface area (TPSA) is 101 Å². The average molecular weight is 534 g/mol. The summed E-state index contributed by atoms with van der Waals surface area (Å²) >= 11 is 0. The van der Waals surface area contributed by atoms with Gasteiger partial charge in [-0.15, -0.1) is 0 Å². The van der Waals surface area contributed by atoms with Crippen molar-refractivity contribution in [1.29, 1.82) is 0 Å². The van der Waals surface area contributed by atoms with Gasteiger partial charge in [-0.25, -0.2) is 0 Å². The van der Waals surface area contributed by atoms with E-state index in [0.717, 1.165) is 0 Å². The van der Waals surface area contributed by atoms with Crippen molar-refractivity contribution in [3.63, 3.8) is 0 Å². The van der Waals surface area contributed by atoms with Crippen molar-refractivity contribution in [1.82, 2.24) is 0 Å². The third-order valence-corrected chi connectivity index (χ3v) is 12.3. The van der Waals surface area contributed by atoms with Crippen LogP contribution in [0.3, 0.4) is 0 Å². The number of carbonyl (C=O) groups excluding carboxylic acids is 3. The van der Waals surface area contributed by atoms with Gasteiger partial charge in [-0.05, 0) is 48.5 Å². The Morgan fingerprint density at radius 2 is 1.57 bits per heavy atom. The molecule has 0 aromatic heterocycles. The van der Waals surface area contributed by atoms with E-state index in [1.807, 2.05) is 6.08 Å². The van der Waals surface area contributed by atoms with Crippen LogP contribution >= 0.6 is 0 Å². The molecule has 0 saturated carbocycles. The van der Waals surface area contributed by atoms with Gasteiger partial charge in [0, 0.05) is 25.1 Å². The fourth-order valence-corrected chi connectivity index (χ4v) is 5.96. The maximum Gasteiger partial charge on any atom is 0.310 e. The van der Waals surface area contributed by atoms with Gasteiger partial charge in [0.1, 0.15) is 5.75 Å². The number of methoxy groups -OCH3 is 4. The molecule has 1 fully saturated rings. The lowest BCUT2D eigenvalue weighted by molar-refractivity contribution is -0.163. The fraction of sp³-hybridized carbons (Fsp3) is 0.593. The summed E-state index contributed by atoms with van der Waals surface area (Å²) in [4.78, 5) is 40.9. The minimum Gasteiger partial charge on any atom is -0.547 e. The molecule has 1 heterocycles. The molecule has 0 bridgehead atoms. The summed E-state index contributed by atoms with van der Waals surface area (Å²) in [6.07, 6.45) is 1.29. The number of carbonyl (C=O) groups is 3. The number of ether oxygens (including phenoxy) is 4. The van der Waals surface area contributed by atoms with Gasteiger partial charge in [0.05, 0.1) is 45.0 Å². The van der Waals surface area contributed by atoms with Crippen LogP contribution in [0.5, 0.6) is 5.75 Å². The number of hydrogen-bond donors (Lipinski definition) is 0. The van der Waals surface area contributed by atoms with E-state index in [2.05, 4.69) is 33.9 Å². The van der Waals surface area contributed by atoms with Crippen molar-refractivity contribution in [3.05, 3.63) is 36.1 Å².